The summed E-state index contributed by atoms with van der Waals surface area (Å²) >= 11 is 0. The lowest BCUT2D eigenvalue weighted by Gasteiger charge is -2.09. The molecule has 0 aliphatic heterocycles. The van der Waals surface area contributed by atoms with E-state index in [0.717, 1.165) is 5.56 Å². The van der Waals surface area contributed by atoms with E-state index in [1.54, 1.807) is 12.1 Å². The van der Waals surface area contributed by atoms with Gasteiger partial charge in [0, 0.05) is 18.9 Å². The van der Waals surface area contributed by atoms with Crippen molar-refractivity contribution >= 4 is 23.7 Å². The number of rotatable bonds is 8. The Kier molecular flexibility index (Phi) is 7.43. The summed E-state index contributed by atoms with van der Waals surface area (Å²) in [6.45, 7) is 1.32. The van der Waals surface area contributed by atoms with Gasteiger partial charge in [0.15, 0.2) is 5.78 Å². The van der Waals surface area contributed by atoms with E-state index in [0.29, 0.717) is 12.0 Å². The first kappa shape index (κ1) is 20.0. The molecule has 0 aliphatic carbocycles. The van der Waals surface area contributed by atoms with E-state index < -0.39 is 11.8 Å². The summed E-state index contributed by atoms with van der Waals surface area (Å²) in [7, 11) is 0. The van der Waals surface area contributed by atoms with E-state index in [2.05, 4.69) is 5.32 Å². The molecule has 0 heterocycles. The number of ether oxygens (including phenoxy) is 1. The maximum atomic E-state index is 12.9. The number of amides is 1. The maximum absolute atomic E-state index is 12.9. The first-order valence-corrected chi connectivity index (χ1v) is 8.46. The molecule has 0 unspecified atom stereocenters. The lowest BCUT2D eigenvalue weighted by Crippen LogP contribution is -2.26. The van der Waals surface area contributed by atoms with Gasteiger partial charge in [-0.15, -0.1) is 0 Å². The molecule has 0 bridgehead atoms. The molecule has 27 heavy (non-hydrogen) atoms. The molecule has 2 rings (SSSR count). The van der Waals surface area contributed by atoms with Crippen molar-refractivity contribution in [3.05, 3.63) is 77.2 Å². The van der Waals surface area contributed by atoms with E-state index in [1.807, 2.05) is 18.2 Å². The van der Waals surface area contributed by atoms with Gasteiger partial charge in [-0.05, 0) is 42.3 Å². The van der Waals surface area contributed by atoms with E-state index in [9.17, 15) is 18.8 Å². The normalized spacial score (nSPS) is 11.0. The molecule has 0 saturated carbocycles. The second kappa shape index (κ2) is 10.0. The van der Waals surface area contributed by atoms with Crippen LogP contribution in [0.15, 0.2) is 60.3 Å². The Balaban J connectivity index is 1.88. The van der Waals surface area contributed by atoms with Crippen molar-refractivity contribution in [3.63, 3.8) is 0 Å². The molecule has 2 aromatic carbocycles. The molecule has 2 aromatic rings. The summed E-state index contributed by atoms with van der Waals surface area (Å²) in [6, 6.07) is 14.3. The SMILES string of the molecule is CC(=O)N/C(=C\c1ccccc1)C(=O)OCCCC(=O)c1ccc(F)cc1. The number of Topliss-reactive ketones (excluding diaryl/α,β-unsaturated/α-hetero) is 1. The van der Waals surface area contributed by atoms with Gasteiger partial charge in [0.2, 0.25) is 5.91 Å². The number of halogens is 1. The van der Waals surface area contributed by atoms with Crippen molar-refractivity contribution in [2.24, 2.45) is 0 Å². The van der Waals surface area contributed by atoms with Crippen molar-refractivity contribution in [2.75, 3.05) is 6.61 Å². The first-order chi connectivity index (χ1) is 13.0. The molecule has 1 N–H and O–H groups in total. The Morgan fingerprint density at radius 3 is 2.33 bits per heavy atom. The van der Waals surface area contributed by atoms with Crippen LogP contribution in [-0.2, 0) is 14.3 Å². The van der Waals surface area contributed by atoms with Gasteiger partial charge in [0.05, 0.1) is 6.61 Å². The Morgan fingerprint density at radius 1 is 1.04 bits per heavy atom. The highest BCUT2D eigenvalue weighted by molar-refractivity contribution is 5.97. The standard InChI is InChI=1S/C21H20FNO4/c1-15(24)23-19(14-16-6-3-2-4-7-16)21(26)27-13-5-8-20(25)17-9-11-18(22)12-10-17/h2-4,6-7,9-12,14H,5,8,13H2,1H3,(H,23,24)/b19-14-. The van der Waals surface area contributed by atoms with Crippen LogP contribution in [0.1, 0.15) is 35.7 Å². The molecule has 0 spiro atoms. The Hall–Kier alpha value is -3.28. The summed E-state index contributed by atoms with van der Waals surface area (Å²) in [5, 5.41) is 2.45. The number of nitrogens with one attached hydrogen (secondary N) is 1. The van der Waals surface area contributed by atoms with Gasteiger partial charge in [0.1, 0.15) is 11.5 Å². The zero-order valence-electron chi connectivity index (χ0n) is 14.9. The minimum absolute atomic E-state index is 0.0253. The zero-order chi connectivity index (χ0) is 19.6. The zero-order valence-corrected chi connectivity index (χ0v) is 14.9. The highest BCUT2D eigenvalue weighted by atomic mass is 19.1. The fourth-order valence-corrected chi connectivity index (χ4v) is 2.31. The Labute approximate surface area is 156 Å². The van der Waals surface area contributed by atoms with Crippen molar-refractivity contribution in [1.29, 1.82) is 0 Å². The average molecular weight is 369 g/mol. The highest BCUT2D eigenvalue weighted by Gasteiger charge is 2.13. The number of hydrogen-bond donors (Lipinski definition) is 1. The van der Waals surface area contributed by atoms with Gasteiger partial charge < -0.3 is 10.1 Å². The molecular formula is C21H20FNO4. The third-order valence-corrected chi connectivity index (χ3v) is 3.59. The van der Waals surface area contributed by atoms with Crippen LogP contribution in [0.3, 0.4) is 0 Å². The number of esters is 1. The van der Waals surface area contributed by atoms with Crippen molar-refractivity contribution in [3.8, 4) is 0 Å². The topological polar surface area (TPSA) is 72.5 Å². The Morgan fingerprint density at radius 2 is 1.70 bits per heavy atom. The third kappa shape index (κ3) is 6.86. The number of hydrogen-bond acceptors (Lipinski definition) is 4. The van der Waals surface area contributed by atoms with Gasteiger partial charge in [-0.3, -0.25) is 9.59 Å². The van der Waals surface area contributed by atoms with E-state index in [-0.39, 0.29) is 30.4 Å². The van der Waals surface area contributed by atoms with Gasteiger partial charge in [0.25, 0.3) is 0 Å². The van der Waals surface area contributed by atoms with E-state index in [4.69, 9.17) is 4.74 Å². The molecule has 5 nitrogen and oxygen atoms in total. The fourth-order valence-electron chi connectivity index (χ4n) is 2.31. The third-order valence-electron chi connectivity index (χ3n) is 3.59. The summed E-state index contributed by atoms with van der Waals surface area (Å²) in [6.07, 6.45) is 2.00. The maximum Gasteiger partial charge on any atom is 0.354 e. The summed E-state index contributed by atoms with van der Waals surface area (Å²) in [5.74, 6) is -1.63. The predicted molar refractivity (Wildman–Crippen MR) is 99.2 cm³/mol. The lowest BCUT2D eigenvalue weighted by atomic mass is 10.1. The highest BCUT2D eigenvalue weighted by Crippen LogP contribution is 2.09. The number of ketones is 1. The van der Waals surface area contributed by atoms with Crippen molar-refractivity contribution in [1.82, 2.24) is 5.32 Å². The van der Waals surface area contributed by atoms with Crippen LogP contribution in [0.4, 0.5) is 4.39 Å². The first-order valence-electron chi connectivity index (χ1n) is 8.46. The summed E-state index contributed by atoms with van der Waals surface area (Å²) in [5.41, 5.74) is 1.17. The molecule has 6 heteroatoms. The fraction of sp³-hybridized carbons (Fsp3) is 0.190. The lowest BCUT2D eigenvalue weighted by molar-refractivity contribution is -0.140. The van der Waals surface area contributed by atoms with Crippen LogP contribution in [-0.4, -0.2) is 24.3 Å². The van der Waals surface area contributed by atoms with Crippen LogP contribution in [0.5, 0.6) is 0 Å². The van der Waals surface area contributed by atoms with Gasteiger partial charge >= 0.3 is 5.97 Å². The molecule has 1 amide bonds. The molecule has 0 fully saturated rings. The minimum Gasteiger partial charge on any atom is -0.461 e. The second-order valence-corrected chi connectivity index (χ2v) is 5.82. The second-order valence-electron chi connectivity index (χ2n) is 5.82. The van der Waals surface area contributed by atoms with Crippen LogP contribution in [0.2, 0.25) is 0 Å². The summed E-state index contributed by atoms with van der Waals surface area (Å²) in [4.78, 5) is 35.5. The molecule has 0 atom stereocenters. The van der Waals surface area contributed by atoms with Crippen molar-refractivity contribution in [2.45, 2.75) is 19.8 Å². The number of carbonyl (C=O) groups is 3. The van der Waals surface area contributed by atoms with Crippen molar-refractivity contribution < 1.29 is 23.5 Å². The van der Waals surface area contributed by atoms with Crippen LogP contribution in [0.25, 0.3) is 6.08 Å². The molecule has 0 aromatic heterocycles. The van der Waals surface area contributed by atoms with Gasteiger partial charge in [-0.25, -0.2) is 9.18 Å². The number of benzene rings is 2. The smallest absolute Gasteiger partial charge is 0.354 e. The van der Waals surface area contributed by atoms with Gasteiger partial charge in [-0.1, -0.05) is 30.3 Å². The Bertz CT molecular complexity index is 829. The largest absolute Gasteiger partial charge is 0.461 e. The van der Waals surface area contributed by atoms with Crippen LogP contribution >= 0.6 is 0 Å². The monoisotopic (exact) mass is 369 g/mol. The average Bonchev–Trinajstić information content (AvgIpc) is 2.65. The molecular weight excluding hydrogens is 349 g/mol. The van der Waals surface area contributed by atoms with E-state index >= 15 is 0 Å². The van der Waals surface area contributed by atoms with Crippen LogP contribution in [0, 0.1) is 5.82 Å². The molecule has 140 valence electrons. The molecule has 0 saturated heterocycles. The summed E-state index contributed by atoms with van der Waals surface area (Å²) < 4.78 is 18.0. The molecule has 0 radical (unpaired) electrons. The predicted octanol–water partition coefficient (Wildman–Crippen LogP) is 3.51. The van der Waals surface area contributed by atoms with Gasteiger partial charge in [-0.2, -0.15) is 0 Å². The molecule has 0 aliphatic rings. The quantitative estimate of drug-likeness (QED) is 0.334. The van der Waals surface area contributed by atoms with Crippen LogP contribution < -0.4 is 5.32 Å². The van der Waals surface area contributed by atoms with E-state index in [1.165, 1.54) is 37.3 Å². The minimum atomic E-state index is -0.678. The number of carbonyl (C=O) groups excluding carboxylic acids is 3.